The molecule has 0 aliphatic heterocycles. The summed E-state index contributed by atoms with van der Waals surface area (Å²) in [5.74, 6) is 2.89. The number of imidazole rings is 1. The van der Waals surface area contributed by atoms with E-state index in [1.165, 1.54) is 6.33 Å². The highest BCUT2D eigenvalue weighted by molar-refractivity contribution is 6.17. The van der Waals surface area contributed by atoms with Gasteiger partial charge >= 0.3 is 0 Å². The number of halogens is 1. The van der Waals surface area contributed by atoms with Crippen molar-refractivity contribution in [3.05, 3.63) is 36.2 Å². The van der Waals surface area contributed by atoms with Gasteiger partial charge in [0.1, 0.15) is 11.6 Å². The molecule has 0 aliphatic rings. The summed E-state index contributed by atoms with van der Waals surface area (Å²) in [5, 5.41) is 3.62. The van der Waals surface area contributed by atoms with Crippen molar-refractivity contribution in [1.29, 1.82) is 0 Å². The first-order valence-corrected chi connectivity index (χ1v) is 7.20. The summed E-state index contributed by atoms with van der Waals surface area (Å²) in [6, 6.07) is 5.84. The molecule has 0 N–H and O–H groups in total. The maximum Gasteiger partial charge on any atom is 0.228 e. The molecular weight excluding hydrogens is 292 g/mol. The summed E-state index contributed by atoms with van der Waals surface area (Å²) in [7, 11) is 1.65. The molecule has 2 aromatic heterocycles. The molecule has 2 heterocycles. The number of nitrogens with zero attached hydrogens (tertiary/aromatic N) is 4. The topological polar surface area (TPSA) is 66.0 Å². The predicted octanol–water partition coefficient (Wildman–Crippen LogP) is 2.45. The zero-order valence-corrected chi connectivity index (χ0v) is 12.4. The Morgan fingerprint density at radius 3 is 2.95 bits per heavy atom. The molecule has 0 saturated carbocycles. The van der Waals surface area contributed by atoms with Gasteiger partial charge in [0.05, 0.1) is 18.1 Å². The Bertz CT molecular complexity index is 724. The highest BCUT2D eigenvalue weighted by Gasteiger charge is 2.12. The number of methoxy groups -OCH3 is 1. The van der Waals surface area contributed by atoms with Crippen molar-refractivity contribution in [1.82, 2.24) is 19.7 Å². The van der Waals surface area contributed by atoms with Crippen LogP contribution in [0.3, 0.4) is 0 Å². The molecule has 0 atom stereocenters. The molecule has 110 valence electrons. The van der Waals surface area contributed by atoms with E-state index in [1.54, 1.807) is 7.11 Å². The summed E-state index contributed by atoms with van der Waals surface area (Å²) >= 11 is 5.87. The molecule has 0 spiro atoms. The zero-order valence-electron chi connectivity index (χ0n) is 11.6. The van der Waals surface area contributed by atoms with Crippen molar-refractivity contribution in [3.63, 3.8) is 0 Å². The molecule has 0 amide bonds. The maximum absolute atomic E-state index is 5.87. The Kier molecular flexibility index (Phi) is 4.06. The average molecular weight is 307 g/mol. The van der Waals surface area contributed by atoms with Gasteiger partial charge in [-0.1, -0.05) is 5.16 Å². The zero-order chi connectivity index (χ0) is 14.7. The van der Waals surface area contributed by atoms with E-state index in [2.05, 4.69) is 19.7 Å². The van der Waals surface area contributed by atoms with E-state index in [4.69, 9.17) is 20.9 Å². The second-order valence-electron chi connectivity index (χ2n) is 4.56. The number of alkyl halides is 1. The van der Waals surface area contributed by atoms with Gasteiger partial charge in [-0.2, -0.15) is 4.98 Å². The van der Waals surface area contributed by atoms with Gasteiger partial charge in [-0.15, -0.1) is 11.6 Å². The second kappa shape index (κ2) is 6.13. The first kappa shape index (κ1) is 13.9. The number of rotatable bonds is 6. The first-order chi connectivity index (χ1) is 10.3. The molecule has 3 aromatic rings. The first-order valence-electron chi connectivity index (χ1n) is 6.66. The molecule has 1 aromatic carbocycles. The van der Waals surface area contributed by atoms with Crippen molar-refractivity contribution >= 4 is 22.6 Å². The lowest BCUT2D eigenvalue weighted by molar-refractivity contribution is 0.371. The van der Waals surface area contributed by atoms with E-state index in [9.17, 15) is 0 Å². The van der Waals surface area contributed by atoms with Crippen LogP contribution >= 0.6 is 11.6 Å². The van der Waals surface area contributed by atoms with Crippen molar-refractivity contribution in [2.45, 2.75) is 19.4 Å². The van der Waals surface area contributed by atoms with Crippen molar-refractivity contribution in [2.24, 2.45) is 0 Å². The number of hydrogen-bond acceptors (Lipinski definition) is 5. The molecule has 21 heavy (non-hydrogen) atoms. The summed E-state index contributed by atoms with van der Waals surface area (Å²) in [6.07, 6.45) is 2.77. The number of benzene rings is 1. The van der Waals surface area contributed by atoms with E-state index < -0.39 is 0 Å². The number of aryl methyl sites for hydroxylation is 3. The van der Waals surface area contributed by atoms with E-state index in [0.717, 1.165) is 22.6 Å². The minimum absolute atomic E-state index is 0.529. The fourth-order valence-electron chi connectivity index (χ4n) is 2.32. The number of hydrogen-bond donors (Lipinski definition) is 0. The fourth-order valence-corrected chi connectivity index (χ4v) is 2.49. The molecule has 0 radical (unpaired) electrons. The molecule has 7 heteroatoms. The summed E-state index contributed by atoms with van der Waals surface area (Å²) in [5.41, 5.74) is 1.95. The smallest absolute Gasteiger partial charge is 0.228 e. The van der Waals surface area contributed by atoms with Gasteiger partial charge in [0.2, 0.25) is 5.89 Å². The molecular formula is C14H15ClN4O2. The van der Waals surface area contributed by atoms with Gasteiger partial charge in [-0.25, -0.2) is 4.98 Å². The minimum atomic E-state index is 0.529. The lowest BCUT2D eigenvalue weighted by Crippen LogP contribution is -2.07. The van der Waals surface area contributed by atoms with Crippen molar-refractivity contribution in [3.8, 4) is 5.75 Å². The van der Waals surface area contributed by atoms with Crippen LogP contribution in [-0.4, -0.2) is 32.7 Å². The molecule has 0 unspecified atom stereocenters. The van der Waals surface area contributed by atoms with Gasteiger partial charge in [-0.3, -0.25) is 0 Å². The fraction of sp³-hybridized carbons (Fsp3) is 0.357. The van der Waals surface area contributed by atoms with Crippen LogP contribution in [0.2, 0.25) is 0 Å². The molecule has 0 fully saturated rings. The van der Waals surface area contributed by atoms with Crippen molar-refractivity contribution < 1.29 is 9.26 Å². The quantitative estimate of drug-likeness (QED) is 0.654. The maximum atomic E-state index is 5.87. The van der Waals surface area contributed by atoms with Crippen LogP contribution in [0.4, 0.5) is 0 Å². The summed E-state index contributed by atoms with van der Waals surface area (Å²) < 4.78 is 12.5. The Hall–Kier alpha value is -2.08. The van der Waals surface area contributed by atoms with Crippen LogP contribution in [-0.2, 0) is 19.4 Å². The number of aromatic nitrogens is 4. The molecule has 0 aliphatic carbocycles. The van der Waals surface area contributed by atoms with Gasteiger partial charge in [0.15, 0.2) is 6.33 Å². The highest BCUT2D eigenvalue weighted by atomic mass is 35.5. The lowest BCUT2D eigenvalue weighted by atomic mass is 10.3. The largest absolute Gasteiger partial charge is 0.497 e. The predicted molar refractivity (Wildman–Crippen MR) is 78.7 cm³/mol. The van der Waals surface area contributed by atoms with E-state index >= 15 is 0 Å². The number of ether oxygens (including phenoxy) is 1. The van der Waals surface area contributed by atoms with Gasteiger partial charge in [0, 0.05) is 31.3 Å². The Morgan fingerprint density at radius 2 is 2.24 bits per heavy atom. The van der Waals surface area contributed by atoms with Crippen LogP contribution in [0.25, 0.3) is 11.0 Å². The van der Waals surface area contributed by atoms with Gasteiger partial charge in [-0.05, 0) is 12.1 Å². The summed E-state index contributed by atoms with van der Waals surface area (Å²) in [4.78, 5) is 8.68. The van der Waals surface area contributed by atoms with E-state index in [0.29, 0.717) is 31.2 Å². The van der Waals surface area contributed by atoms with Crippen molar-refractivity contribution in [2.75, 3.05) is 13.0 Å². The molecule has 6 nitrogen and oxygen atoms in total. The van der Waals surface area contributed by atoms with Gasteiger partial charge < -0.3 is 13.8 Å². The highest BCUT2D eigenvalue weighted by Crippen LogP contribution is 2.23. The molecule has 0 bridgehead atoms. The monoisotopic (exact) mass is 306 g/mol. The second-order valence-corrected chi connectivity index (χ2v) is 4.94. The minimum Gasteiger partial charge on any atom is -0.497 e. The third kappa shape index (κ3) is 2.85. The van der Waals surface area contributed by atoms with Gasteiger partial charge in [0.25, 0.3) is 0 Å². The van der Waals surface area contributed by atoms with E-state index in [1.807, 2.05) is 18.2 Å². The third-order valence-corrected chi connectivity index (χ3v) is 3.50. The van der Waals surface area contributed by atoms with Crippen LogP contribution < -0.4 is 4.74 Å². The Balaban J connectivity index is 1.97. The Morgan fingerprint density at radius 1 is 1.33 bits per heavy atom. The van der Waals surface area contributed by atoms with E-state index in [-0.39, 0.29) is 0 Å². The molecule has 0 saturated heterocycles. The average Bonchev–Trinajstić information content (AvgIpc) is 3.12. The Labute approximate surface area is 126 Å². The third-order valence-electron chi connectivity index (χ3n) is 3.31. The molecule has 3 rings (SSSR count). The normalized spacial score (nSPS) is 11.1. The summed E-state index contributed by atoms with van der Waals surface area (Å²) in [6.45, 7) is 0.706. The SMILES string of the molecule is COc1ccc2nc(CCCl)n(CCc3ncno3)c2c1. The lowest BCUT2D eigenvalue weighted by Gasteiger charge is -2.07. The van der Waals surface area contributed by atoms with Crippen LogP contribution in [0.1, 0.15) is 11.7 Å². The van der Waals surface area contributed by atoms with Crippen LogP contribution in [0, 0.1) is 0 Å². The van der Waals surface area contributed by atoms with Crippen LogP contribution in [0.5, 0.6) is 5.75 Å². The standard InChI is InChI=1S/C14H15ClN4O2/c1-20-10-2-3-11-12(8-10)19(13(18-11)4-6-15)7-5-14-16-9-17-21-14/h2-3,8-9H,4-7H2,1H3. The van der Waals surface area contributed by atoms with Crippen LogP contribution in [0.15, 0.2) is 29.0 Å². The number of fused-ring (bicyclic) bond motifs is 1.